The summed E-state index contributed by atoms with van der Waals surface area (Å²) in [4.78, 5) is 22.5. The van der Waals surface area contributed by atoms with Gasteiger partial charge in [-0.1, -0.05) is 0 Å². The molecule has 2 heterocycles. The monoisotopic (exact) mass is 377 g/mol. The Bertz CT molecular complexity index is 470. The van der Waals surface area contributed by atoms with Crippen LogP contribution in [0.5, 0.6) is 0 Å². The van der Waals surface area contributed by atoms with Gasteiger partial charge in [0.25, 0.3) is 0 Å². The number of guanidine groups is 1. The fourth-order valence-corrected chi connectivity index (χ4v) is 3.27. The summed E-state index contributed by atoms with van der Waals surface area (Å²) >= 11 is 0. The first-order valence-corrected chi connectivity index (χ1v) is 9.49. The molecule has 150 valence electrons. The van der Waals surface area contributed by atoms with Gasteiger partial charge in [-0.15, -0.1) is 0 Å². The fourth-order valence-electron chi connectivity index (χ4n) is 3.27. The molecule has 0 aromatic rings. The molecule has 1 amide bonds. The number of nitrogens with one attached hydrogen (secondary N) is 1. The van der Waals surface area contributed by atoms with Gasteiger partial charge in [0.2, 0.25) is 5.91 Å². The van der Waals surface area contributed by atoms with Crippen LogP contribution in [0, 0.1) is 0 Å². The van der Waals surface area contributed by atoms with E-state index < -0.39 is 12.6 Å². The van der Waals surface area contributed by atoms with E-state index in [1.54, 1.807) is 0 Å². The summed E-state index contributed by atoms with van der Waals surface area (Å²) < 4.78 is 36.9. The van der Waals surface area contributed by atoms with Crippen molar-refractivity contribution in [3.05, 3.63) is 0 Å². The van der Waals surface area contributed by atoms with Crippen LogP contribution in [0.3, 0.4) is 0 Å². The molecule has 0 unspecified atom stereocenters. The van der Waals surface area contributed by atoms with Gasteiger partial charge in [0, 0.05) is 45.8 Å². The number of nitrogens with zero attached hydrogens (tertiary/aromatic N) is 4. The average Bonchev–Trinajstić information content (AvgIpc) is 2.61. The average molecular weight is 377 g/mol. The van der Waals surface area contributed by atoms with Crippen LogP contribution in [0.1, 0.15) is 32.6 Å². The van der Waals surface area contributed by atoms with Gasteiger partial charge in [0.05, 0.1) is 19.5 Å². The van der Waals surface area contributed by atoms with Crippen LogP contribution >= 0.6 is 0 Å². The number of likely N-dealkylation sites (tertiary alicyclic amines) is 1. The Kier molecular flexibility index (Phi) is 7.99. The van der Waals surface area contributed by atoms with Crippen molar-refractivity contribution in [1.82, 2.24) is 20.0 Å². The molecule has 0 aromatic carbocycles. The van der Waals surface area contributed by atoms with E-state index in [0.29, 0.717) is 45.2 Å². The third kappa shape index (κ3) is 7.01. The zero-order valence-corrected chi connectivity index (χ0v) is 15.5. The number of piperazine rings is 1. The van der Waals surface area contributed by atoms with Crippen LogP contribution in [0.2, 0.25) is 0 Å². The Morgan fingerprint density at radius 2 is 1.65 bits per heavy atom. The number of piperidine rings is 1. The maximum atomic E-state index is 12.3. The standard InChI is InChI=1S/C17H30F3N5O/c1-2-21-16(22-7-6-17(18,19)20)25-12-10-23(11-13-25)14-15(26)24-8-4-3-5-9-24/h2-14H2,1H3,(H,21,22). The highest BCUT2D eigenvalue weighted by Crippen LogP contribution is 2.19. The van der Waals surface area contributed by atoms with E-state index >= 15 is 0 Å². The molecule has 0 aliphatic carbocycles. The van der Waals surface area contributed by atoms with Crippen molar-refractivity contribution < 1.29 is 18.0 Å². The van der Waals surface area contributed by atoms with E-state index in [4.69, 9.17) is 0 Å². The predicted octanol–water partition coefficient (Wildman–Crippen LogP) is 1.53. The van der Waals surface area contributed by atoms with Crippen molar-refractivity contribution in [2.45, 2.75) is 38.8 Å². The second-order valence-corrected chi connectivity index (χ2v) is 6.81. The second-order valence-electron chi connectivity index (χ2n) is 6.81. The first-order chi connectivity index (χ1) is 12.4. The Morgan fingerprint density at radius 1 is 1.00 bits per heavy atom. The smallest absolute Gasteiger partial charge is 0.357 e. The molecule has 9 heteroatoms. The number of hydrogen-bond acceptors (Lipinski definition) is 3. The van der Waals surface area contributed by atoms with Gasteiger partial charge < -0.3 is 15.1 Å². The maximum absolute atomic E-state index is 12.3. The van der Waals surface area contributed by atoms with E-state index in [1.807, 2.05) is 16.7 Å². The highest BCUT2D eigenvalue weighted by Gasteiger charge is 2.27. The quantitative estimate of drug-likeness (QED) is 0.583. The lowest BCUT2D eigenvalue weighted by Crippen LogP contribution is -2.54. The molecule has 0 radical (unpaired) electrons. The Morgan fingerprint density at radius 3 is 2.23 bits per heavy atom. The third-order valence-electron chi connectivity index (χ3n) is 4.73. The highest BCUT2D eigenvalue weighted by atomic mass is 19.4. The second kappa shape index (κ2) is 9.99. The number of hydrogen-bond donors (Lipinski definition) is 1. The molecular formula is C17H30F3N5O. The molecule has 2 aliphatic heterocycles. The zero-order chi connectivity index (χ0) is 19.0. The van der Waals surface area contributed by atoms with Crippen LogP contribution in [-0.2, 0) is 4.79 Å². The summed E-state index contributed by atoms with van der Waals surface area (Å²) in [6.45, 7) is 7.12. The Labute approximate surface area is 153 Å². The zero-order valence-electron chi connectivity index (χ0n) is 15.5. The first kappa shape index (κ1) is 20.8. The lowest BCUT2D eigenvalue weighted by molar-refractivity contribution is -0.133. The summed E-state index contributed by atoms with van der Waals surface area (Å²) in [5, 5.41) is 3.06. The van der Waals surface area contributed by atoms with E-state index in [9.17, 15) is 18.0 Å². The largest absolute Gasteiger partial charge is 0.390 e. The van der Waals surface area contributed by atoms with Crippen molar-refractivity contribution >= 4 is 11.9 Å². The van der Waals surface area contributed by atoms with E-state index in [2.05, 4.69) is 15.2 Å². The molecule has 0 atom stereocenters. The van der Waals surface area contributed by atoms with Gasteiger partial charge in [0.1, 0.15) is 0 Å². The molecule has 26 heavy (non-hydrogen) atoms. The van der Waals surface area contributed by atoms with E-state index in [1.165, 1.54) is 6.42 Å². The summed E-state index contributed by atoms with van der Waals surface area (Å²) in [6.07, 6.45) is -1.73. The van der Waals surface area contributed by atoms with Crippen LogP contribution in [0.25, 0.3) is 0 Å². The number of aliphatic imine (C=N–C) groups is 1. The highest BCUT2D eigenvalue weighted by molar-refractivity contribution is 5.80. The minimum absolute atomic E-state index is 0.184. The van der Waals surface area contributed by atoms with Crippen LogP contribution < -0.4 is 5.32 Å². The fraction of sp³-hybridized carbons (Fsp3) is 0.882. The molecule has 0 saturated carbocycles. The van der Waals surface area contributed by atoms with Gasteiger partial charge >= 0.3 is 6.18 Å². The normalized spacial score (nSPS) is 20.4. The first-order valence-electron chi connectivity index (χ1n) is 9.49. The summed E-state index contributed by atoms with van der Waals surface area (Å²) in [5.74, 6) is 0.711. The van der Waals surface area contributed by atoms with Crippen LogP contribution in [0.15, 0.2) is 4.99 Å². The third-order valence-corrected chi connectivity index (χ3v) is 4.73. The molecule has 2 aliphatic rings. The van der Waals surface area contributed by atoms with E-state index in [0.717, 1.165) is 25.9 Å². The molecule has 0 aromatic heterocycles. The summed E-state index contributed by atoms with van der Waals surface area (Å²) in [5.41, 5.74) is 0. The SMILES string of the molecule is CCNC(=NCCC(F)(F)F)N1CCN(CC(=O)N2CCCCC2)CC1. The van der Waals surface area contributed by atoms with E-state index in [-0.39, 0.29) is 12.5 Å². The lowest BCUT2D eigenvalue weighted by atomic mass is 10.1. The van der Waals surface area contributed by atoms with Crippen molar-refractivity contribution in [2.24, 2.45) is 4.99 Å². The maximum Gasteiger partial charge on any atom is 0.390 e. The number of rotatable bonds is 5. The van der Waals surface area contributed by atoms with Gasteiger partial charge in [-0.25, -0.2) is 0 Å². The molecule has 6 nitrogen and oxygen atoms in total. The number of carbonyl (C=O) groups is 1. The predicted molar refractivity (Wildman–Crippen MR) is 95.1 cm³/mol. The number of amides is 1. The van der Waals surface area contributed by atoms with Crippen molar-refractivity contribution in [2.75, 3.05) is 58.9 Å². The summed E-state index contributed by atoms with van der Waals surface area (Å²) in [7, 11) is 0. The minimum atomic E-state index is -4.19. The molecule has 2 saturated heterocycles. The van der Waals surface area contributed by atoms with Gasteiger partial charge in [-0.05, 0) is 26.2 Å². The van der Waals surface area contributed by atoms with Gasteiger partial charge in [-0.2, -0.15) is 13.2 Å². The summed E-state index contributed by atoms with van der Waals surface area (Å²) in [6, 6.07) is 0. The van der Waals surface area contributed by atoms with Crippen molar-refractivity contribution in [3.8, 4) is 0 Å². The number of alkyl halides is 3. The van der Waals surface area contributed by atoms with Crippen molar-refractivity contribution in [1.29, 1.82) is 0 Å². The topological polar surface area (TPSA) is 51.2 Å². The molecule has 0 bridgehead atoms. The Hall–Kier alpha value is -1.51. The molecule has 2 rings (SSSR count). The van der Waals surface area contributed by atoms with Gasteiger partial charge in [0.15, 0.2) is 5.96 Å². The lowest BCUT2D eigenvalue weighted by Gasteiger charge is -2.37. The van der Waals surface area contributed by atoms with Crippen LogP contribution in [-0.4, -0.2) is 91.6 Å². The number of carbonyl (C=O) groups excluding carboxylic acids is 1. The molecule has 2 fully saturated rings. The number of halogens is 3. The molecule has 0 spiro atoms. The Balaban J connectivity index is 1.79. The van der Waals surface area contributed by atoms with Crippen LogP contribution in [0.4, 0.5) is 13.2 Å². The molecular weight excluding hydrogens is 347 g/mol. The molecule has 1 N–H and O–H groups in total. The van der Waals surface area contributed by atoms with Crippen molar-refractivity contribution in [3.63, 3.8) is 0 Å². The van der Waals surface area contributed by atoms with Gasteiger partial charge in [-0.3, -0.25) is 14.7 Å². The minimum Gasteiger partial charge on any atom is -0.357 e.